The molecule has 1 aliphatic carbocycles. The highest BCUT2D eigenvalue weighted by molar-refractivity contribution is 6.39. The number of β-amino-alcohol motifs (C(OH)–C–C–N with tert-alkyl or cyclic N) is 1. The maximum atomic E-state index is 12.0. The summed E-state index contributed by atoms with van der Waals surface area (Å²) in [6.07, 6.45) is 3.09. The average molecular weight is 664 g/mol. The van der Waals surface area contributed by atoms with Crippen molar-refractivity contribution < 1.29 is 24.1 Å². The van der Waals surface area contributed by atoms with Gasteiger partial charge in [-0.25, -0.2) is 4.98 Å². The number of hydrogen-bond donors (Lipinski definition) is 2. The quantitative estimate of drug-likeness (QED) is 0.184. The molecule has 1 fully saturated rings. The Morgan fingerprint density at radius 1 is 1.02 bits per heavy atom. The van der Waals surface area contributed by atoms with Gasteiger partial charge in [0.15, 0.2) is 0 Å². The highest BCUT2D eigenvalue weighted by atomic mass is 35.5. The van der Waals surface area contributed by atoms with Crippen molar-refractivity contribution >= 4 is 29.2 Å². The molecule has 1 atom stereocenters. The summed E-state index contributed by atoms with van der Waals surface area (Å²) in [5.74, 6) is 0.892. The zero-order valence-electron chi connectivity index (χ0n) is 26.0. The minimum Gasteiger partial charge on any atom is -0.496 e. The Bertz CT molecular complexity index is 1760. The second-order valence-electron chi connectivity index (χ2n) is 11.4. The fourth-order valence-corrected chi connectivity index (χ4v) is 6.92. The molecule has 11 heteroatoms. The third-order valence-corrected chi connectivity index (χ3v) is 9.30. The molecule has 1 saturated heterocycles. The molecular formula is C35H36Cl2N4O5. The van der Waals surface area contributed by atoms with Crippen LogP contribution in [0.2, 0.25) is 10.0 Å². The number of nitrogens with one attached hydrogen (secondary N) is 1. The summed E-state index contributed by atoms with van der Waals surface area (Å²) in [6.45, 7) is 4.04. The van der Waals surface area contributed by atoms with Gasteiger partial charge in [0, 0.05) is 53.5 Å². The second kappa shape index (κ2) is 13.9. The molecule has 1 aliphatic heterocycles. The van der Waals surface area contributed by atoms with Crippen molar-refractivity contribution in [2.24, 2.45) is 0 Å². The molecule has 240 valence electrons. The third kappa shape index (κ3) is 6.43. The van der Waals surface area contributed by atoms with E-state index in [0.717, 1.165) is 52.0 Å². The number of aryl methyl sites for hydroxylation is 1. The molecule has 0 unspecified atom stereocenters. The van der Waals surface area contributed by atoms with Crippen molar-refractivity contribution in [3.05, 3.63) is 81.6 Å². The van der Waals surface area contributed by atoms with E-state index in [9.17, 15) is 9.90 Å². The number of methoxy groups -OCH3 is 2. The number of aliphatic hydroxyl groups is 1. The van der Waals surface area contributed by atoms with Gasteiger partial charge in [-0.15, -0.1) is 0 Å². The highest BCUT2D eigenvalue weighted by Gasteiger charge is 2.29. The number of benzene rings is 3. The number of hydrogen-bond acceptors (Lipinski definition) is 9. The van der Waals surface area contributed by atoms with Crippen LogP contribution in [0.25, 0.3) is 33.5 Å². The molecule has 0 radical (unpaired) electrons. The Morgan fingerprint density at radius 3 is 2.39 bits per heavy atom. The van der Waals surface area contributed by atoms with E-state index in [4.69, 9.17) is 42.4 Å². The van der Waals surface area contributed by atoms with Gasteiger partial charge in [-0.05, 0) is 37.0 Å². The lowest BCUT2D eigenvalue weighted by Crippen LogP contribution is -2.50. The smallest absolute Gasteiger partial charge is 0.319 e. The fraction of sp³-hybridized carbons (Fsp3) is 0.343. The predicted octanol–water partition coefficient (Wildman–Crippen LogP) is 6.12. The first-order valence-electron chi connectivity index (χ1n) is 15.3. The number of carbonyl (C=O) groups excluding carboxylic acids is 1. The molecule has 2 N–H and O–H groups in total. The van der Waals surface area contributed by atoms with Gasteiger partial charge in [0.05, 0.1) is 55.4 Å². The summed E-state index contributed by atoms with van der Waals surface area (Å²) in [5, 5.41) is 14.0. The van der Waals surface area contributed by atoms with Gasteiger partial charge in [-0.1, -0.05) is 65.7 Å². The molecule has 0 bridgehead atoms. The average Bonchev–Trinajstić information content (AvgIpc) is 3.46. The molecule has 0 spiro atoms. The number of aromatic nitrogens is 2. The van der Waals surface area contributed by atoms with Gasteiger partial charge in [0.25, 0.3) is 0 Å². The van der Waals surface area contributed by atoms with E-state index in [1.54, 1.807) is 27.3 Å². The van der Waals surface area contributed by atoms with E-state index in [0.29, 0.717) is 59.1 Å². The van der Waals surface area contributed by atoms with Crippen molar-refractivity contribution in [1.82, 2.24) is 20.2 Å². The number of carbonyl (C=O) groups is 1. The van der Waals surface area contributed by atoms with Crippen LogP contribution in [0.15, 0.2) is 54.7 Å². The first-order valence-corrected chi connectivity index (χ1v) is 16.0. The van der Waals surface area contributed by atoms with Crippen molar-refractivity contribution in [2.45, 2.75) is 38.5 Å². The van der Waals surface area contributed by atoms with Crippen LogP contribution in [-0.2, 0) is 22.5 Å². The molecule has 0 amide bonds. The summed E-state index contributed by atoms with van der Waals surface area (Å²) in [7, 11) is 3.23. The number of nitrogens with zero attached hydrogens (tertiary/aromatic N) is 3. The number of rotatable bonds is 11. The van der Waals surface area contributed by atoms with Crippen molar-refractivity contribution in [3.8, 4) is 45.1 Å². The summed E-state index contributed by atoms with van der Waals surface area (Å²) in [4.78, 5) is 23.4. The molecule has 6 rings (SSSR count). The fourth-order valence-electron chi connectivity index (χ4n) is 6.26. The van der Waals surface area contributed by atoms with Gasteiger partial charge in [0.1, 0.15) is 11.4 Å². The van der Waals surface area contributed by atoms with Crippen LogP contribution < -0.4 is 14.8 Å². The van der Waals surface area contributed by atoms with Crippen LogP contribution in [0.1, 0.15) is 36.2 Å². The predicted molar refractivity (Wildman–Crippen MR) is 178 cm³/mol. The SMILES string of the molecule is CCOC(=O)CN[C@@H]1CCc2cc(-c3cccc(-c4cccc(-c5cnc(CN6CC(O)C6)c(OC)n5)c4Cl)c3Cl)cc(OC)c21. The minimum atomic E-state index is -0.298. The molecule has 2 heterocycles. The molecule has 46 heavy (non-hydrogen) atoms. The lowest BCUT2D eigenvalue weighted by atomic mass is 9.94. The van der Waals surface area contributed by atoms with E-state index in [2.05, 4.69) is 21.3 Å². The van der Waals surface area contributed by atoms with Crippen LogP contribution in [0.3, 0.4) is 0 Å². The molecule has 1 aromatic heterocycles. The van der Waals surface area contributed by atoms with Gasteiger partial charge in [-0.3, -0.25) is 20.0 Å². The zero-order valence-corrected chi connectivity index (χ0v) is 27.5. The largest absolute Gasteiger partial charge is 0.496 e. The lowest BCUT2D eigenvalue weighted by molar-refractivity contribution is -0.142. The maximum Gasteiger partial charge on any atom is 0.319 e. The summed E-state index contributed by atoms with van der Waals surface area (Å²) >= 11 is 14.2. The standard InChI is InChI=1S/C35H36Cl2N4O5/c1-4-46-31(43)16-39-27-12-11-20-13-21(14-30(44-2)32(20)27)23-7-5-8-24(33(23)36)25-9-6-10-26(34(25)37)28-15-38-29(35(40-28)45-3)19-41-17-22(42)18-41/h5-10,13-15,22,27,39,42H,4,11-12,16-19H2,1-3H3/t27-/m1/s1. The number of esters is 1. The number of likely N-dealkylation sites (tertiary alicyclic amines) is 1. The van der Waals surface area contributed by atoms with E-state index in [1.807, 2.05) is 42.5 Å². The Kier molecular flexibility index (Phi) is 9.77. The topological polar surface area (TPSA) is 106 Å². The van der Waals surface area contributed by atoms with Crippen LogP contribution in [-0.4, -0.2) is 72.5 Å². The maximum absolute atomic E-state index is 12.0. The number of aliphatic hydroxyl groups excluding tert-OH is 1. The van der Waals surface area contributed by atoms with Crippen LogP contribution >= 0.6 is 23.2 Å². The zero-order chi connectivity index (χ0) is 32.4. The molecule has 3 aromatic carbocycles. The molecule has 9 nitrogen and oxygen atoms in total. The van der Waals surface area contributed by atoms with E-state index < -0.39 is 0 Å². The molecule has 2 aliphatic rings. The third-order valence-electron chi connectivity index (χ3n) is 8.49. The number of fused-ring (bicyclic) bond motifs is 1. The van der Waals surface area contributed by atoms with Crippen LogP contribution in [0.4, 0.5) is 0 Å². The normalized spacial score (nSPS) is 16.2. The van der Waals surface area contributed by atoms with Gasteiger partial charge in [-0.2, -0.15) is 0 Å². The Morgan fingerprint density at radius 2 is 1.72 bits per heavy atom. The Labute approximate surface area is 278 Å². The van der Waals surface area contributed by atoms with E-state index in [1.165, 1.54) is 0 Å². The molecule has 4 aromatic rings. The minimum absolute atomic E-state index is 0.00818. The molecule has 0 saturated carbocycles. The Balaban J connectivity index is 1.30. The summed E-state index contributed by atoms with van der Waals surface area (Å²) in [6, 6.07) is 15.8. The Hall–Kier alpha value is -3.73. The summed E-state index contributed by atoms with van der Waals surface area (Å²) < 4.78 is 16.5. The first kappa shape index (κ1) is 32.2. The highest BCUT2D eigenvalue weighted by Crippen LogP contribution is 2.45. The lowest BCUT2D eigenvalue weighted by Gasteiger charge is -2.35. The van der Waals surface area contributed by atoms with Crippen LogP contribution in [0, 0.1) is 0 Å². The van der Waals surface area contributed by atoms with Crippen molar-refractivity contribution in [2.75, 3.05) is 40.5 Å². The number of ether oxygens (including phenoxy) is 3. The second-order valence-corrected chi connectivity index (χ2v) is 12.2. The van der Waals surface area contributed by atoms with Crippen molar-refractivity contribution in [1.29, 1.82) is 0 Å². The monoisotopic (exact) mass is 662 g/mol. The molecular weight excluding hydrogens is 627 g/mol. The first-order chi connectivity index (χ1) is 22.3. The van der Waals surface area contributed by atoms with E-state index >= 15 is 0 Å². The number of halogens is 2. The van der Waals surface area contributed by atoms with Crippen molar-refractivity contribution in [3.63, 3.8) is 0 Å². The van der Waals surface area contributed by atoms with Gasteiger partial charge < -0.3 is 19.3 Å². The van der Waals surface area contributed by atoms with Gasteiger partial charge >= 0.3 is 5.97 Å². The van der Waals surface area contributed by atoms with Gasteiger partial charge in [0.2, 0.25) is 5.88 Å². The summed E-state index contributed by atoms with van der Waals surface area (Å²) in [5.41, 5.74) is 7.53. The van der Waals surface area contributed by atoms with Crippen LogP contribution in [0.5, 0.6) is 11.6 Å². The van der Waals surface area contributed by atoms with E-state index in [-0.39, 0.29) is 24.7 Å².